The summed E-state index contributed by atoms with van der Waals surface area (Å²) in [5.41, 5.74) is 4.38. The lowest BCUT2D eigenvalue weighted by Gasteiger charge is -2.25. The summed E-state index contributed by atoms with van der Waals surface area (Å²) < 4.78 is 1.99. The second-order valence-electron chi connectivity index (χ2n) is 6.52. The molecule has 0 spiro atoms. The van der Waals surface area contributed by atoms with E-state index in [1.165, 1.54) is 0 Å². The average Bonchev–Trinajstić information content (AvgIpc) is 2.83. The Morgan fingerprint density at radius 1 is 1.25 bits per heavy atom. The van der Waals surface area contributed by atoms with Gasteiger partial charge in [-0.15, -0.1) is 0 Å². The SMILES string of the molecule is Cc1cc(C)n(CCCNC(=O)[C@H](c2ccccc2C)N(C)C)n1. The fourth-order valence-electron chi connectivity index (χ4n) is 2.99. The third-order valence-corrected chi connectivity index (χ3v) is 4.20. The van der Waals surface area contributed by atoms with Crippen molar-refractivity contribution >= 4 is 5.91 Å². The monoisotopic (exact) mass is 328 g/mol. The van der Waals surface area contributed by atoms with Crippen LogP contribution in [-0.2, 0) is 11.3 Å². The largest absolute Gasteiger partial charge is 0.354 e. The third-order valence-electron chi connectivity index (χ3n) is 4.20. The van der Waals surface area contributed by atoms with Gasteiger partial charge in [-0.3, -0.25) is 14.4 Å². The first kappa shape index (κ1) is 18.2. The lowest BCUT2D eigenvalue weighted by atomic mass is 10.00. The lowest BCUT2D eigenvalue weighted by Crippen LogP contribution is -2.38. The highest BCUT2D eigenvalue weighted by Crippen LogP contribution is 2.21. The summed E-state index contributed by atoms with van der Waals surface area (Å²) in [6, 6.07) is 9.85. The van der Waals surface area contributed by atoms with E-state index in [9.17, 15) is 4.79 Å². The van der Waals surface area contributed by atoms with Crippen molar-refractivity contribution < 1.29 is 4.79 Å². The molecule has 1 aromatic carbocycles. The number of likely N-dealkylation sites (N-methyl/N-ethyl adjacent to an activating group) is 1. The van der Waals surface area contributed by atoms with Crippen LogP contribution in [0.25, 0.3) is 0 Å². The van der Waals surface area contributed by atoms with Crippen LogP contribution in [0.1, 0.15) is 35.0 Å². The van der Waals surface area contributed by atoms with E-state index in [1.807, 2.05) is 61.8 Å². The quantitative estimate of drug-likeness (QED) is 0.795. The van der Waals surface area contributed by atoms with Crippen molar-refractivity contribution in [2.75, 3.05) is 20.6 Å². The molecule has 1 atom stereocenters. The molecule has 2 aromatic rings. The Balaban J connectivity index is 1.92. The molecule has 0 bridgehead atoms. The van der Waals surface area contributed by atoms with Gasteiger partial charge in [0.2, 0.25) is 5.91 Å². The second kappa shape index (κ2) is 8.11. The van der Waals surface area contributed by atoms with Crippen LogP contribution in [-0.4, -0.2) is 41.2 Å². The number of benzene rings is 1. The van der Waals surface area contributed by atoms with Gasteiger partial charge >= 0.3 is 0 Å². The highest BCUT2D eigenvalue weighted by molar-refractivity contribution is 5.83. The number of carbonyl (C=O) groups excluding carboxylic acids is 1. The Morgan fingerprint density at radius 2 is 1.96 bits per heavy atom. The highest BCUT2D eigenvalue weighted by Gasteiger charge is 2.23. The van der Waals surface area contributed by atoms with Gasteiger partial charge in [0.15, 0.2) is 0 Å². The number of amides is 1. The zero-order valence-electron chi connectivity index (χ0n) is 15.3. The van der Waals surface area contributed by atoms with Crippen molar-refractivity contribution in [3.63, 3.8) is 0 Å². The molecular weight excluding hydrogens is 300 g/mol. The van der Waals surface area contributed by atoms with Crippen LogP contribution in [0.3, 0.4) is 0 Å². The molecule has 5 heteroatoms. The van der Waals surface area contributed by atoms with Crippen LogP contribution in [0.15, 0.2) is 30.3 Å². The fraction of sp³-hybridized carbons (Fsp3) is 0.474. The fourth-order valence-corrected chi connectivity index (χ4v) is 2.99. The van der Waals surface area contributed by atoms with Gasteiger partial charge in [0.05, 0.1) is 5.69 Å². The molecule has 5 nitrogen and oxygen atoms in total. The lowest BCUT2D eigenvalue weighted by molar-refractivity contribution is -0.125. The minimum atomic E-state index is -0.264. The maximum absolute atomic E-state index is 12.6. The average molecular weight is 328 g/mol. The van der Waals surface area contributed by atoms with Gasteiger partial charge in [0.25, 0.3) is 0 Å². The van der Waals surface area contributed by atoms with Gasteiger partial charge in [-0.05, 0) is 58.5 Å². The van der Waals surface area contributed by atoms with E-state index in [0.29, 0.717) is 6.54 Å². The number of hydrogen-bond donors (Lipinski definition) is 1. The van der Waals surface area contributed by atoms with Crippen LogP contribution in [0.2, 0.25) is 0 Å². The minimum Gasteiger partial charge on any atom is -0.354 e. The van der Waals surface area contributed by atoms with Gasteiger partial charge in [0, 0.05) is 18.8 Å². The first-order valence-electron chi connectivity index (χ1n) is 8.41. The zero-order chi connectivity index (χ0) is 17.7. The summed E-state index contributed by atoms with van der Waals surface area (Å²) in [7, 11) is 3.87. The van der Waals surface area contributed by atoms with Gasteiger partial charge in [-0.2, -0.15) is 5.10 Å². The zero-order valence-corrected chi connectivity index (χ0v) is 15.3. The van der Waals surface area contributed by atoms with Crippen molar-refractivity contribution in [3.8, 4) is 0 Å². The summed E-state index contributed by atoms with van der Waals surface area (Å²) in [6.07, 6.45) is 0.863. The number of nitrogens with zero attached hydrogens (tertiary/aromatic N) is 3. The highest BCUT2D eigenvalue weighted by atomic mass is 16.2. The summed E-state index contributed by atoms with van der Waals surface area (Å²) >= 11 is 0. The Labute approximate surface area is 144 Å². The standard InChI is InChI=1S/C19H28N4O/c1-14-9-6-7-10-17(14)18(22(4)5)19(24)20-11-8-12-23-16(3)13-15(2)21-23/h6-7,9-10,13,18H,8,11-12H2,1-5H3,(H,20,24)/t18-/m0/s1. The minimum absolute atomic E-state index is 0.0441. The molecule has 24 heavy (non-hydrogen) atoms. The van der Waals surface area contributed by atoms with E-state index in [4.69, 9.17) is 0 Å². The van der Waals surface area contributed by atoms with E-state index >= 15 is 0 Å². The summed E-state index contributed by atoms with van der Waals surface area (Å²) in [4.78, 5) is 14.6. The van der Waals surface area contributed by atoms with Crippen LogP contribution >= 0.6 is 0 Å². The van der Waals surface area contributed by atoms with Gasteiger partial charge in [-0.1, -0.05) is 24.3 Å². The Morgan fingerprint density at radius 3 is 2.54 bits per heavy atom. The summed E-state index contributed by atoms with van der Waals surface area (Å²) in [5.74, 6) is 0.0441. The van der Waals surface area contributed by atoms with Crippen LogP contribution < -0.4 is 5.32 Å². The van der Waals surface area contributed by atoms with Gasteiger partial charge < -0.3 is 5.32 Å². The second-order valence-corrected chi connectivity index (χ2v) is 6.52. The molecule has 0 saturated carbocycles. The van der Waals surface area contributed by atoms with Crippen molar-refractivity contribution in [2.24, 2.45) is 0 Å². The van der Waals surface area contributed by atoms with Crippen molar-refractivity contribution in [1.82, 2.24) is 20.0 Å². The number of carbonyl (C=O) groups is 1. The van der Waals surface area contributed by atoms with Crippen LogP contribution in [0.5, 0.6) is 0 Å². The normalized spacial score (nSPS) is 12.4. The number of hydrogen-bond acceptors (Lipinski definition) is 3. The molecule has 0 aliphatic carbocycles. The molecule has 1 amide bonds. The Bertz CT molecular complexity index is 690. The molecular formula is C19H28N4O. The molecule has 0 fully saturated rings. The molecule has 0 aliphatic heterocycles. The number of aryl methyl sites for hydroxylation is 4. The molecule has 2 rings (SSSR count). The van der Waals surface area contributed by atoms with Crippen molar-refractivity contribution in [3.05, 3.63) is 52.8 Å². The smallest absolute Gasteiger partial charge is 0.241 e. The van der Waals surface area contributed by atoms with E-state index in [2.05, 4.69) is 23.4 Å². The number of rotatable bonds is 7. The van der Waals surface area contributed by atoms with E-state index < -0.39 is 0 Å². The van der Waals surface area contributed by atoms with Crippen LogP contribution in [0.4, 0.5) is 0 Å². The van der Waals surface area contributed by atoms with E-state index in [-0.39, 0.29) is 11.9 Å². The maximum atomic E-state index is 12.6. The molecule has 0 unspecified atom stereocenters. The number of aromatic nitrogens is 2. The molecule has 0 radical (unpaired) electrons. The van der Waals surface area contributed by atoms with E-state index in [0.717, 1.165) is 35.5 Å². The number of nitrogens with one attached hydrogen (secondary N) is 1. The predicted octanol–water partition coefficient (Wildman–Crippen LogP) is 2.62. The molecule has 0 saturated heterocycles. The first-order valence-corrected chi connectivity index (χ1v) is 8.41. The van der Waals surface area contributed by atoms with Gasteiger partial charge in [0.1, 0.15) is 6.04 Å². The molecule has 1 N–H and O–H groups in total. The Kier molecular flexibility index (Phi) is 6.15. The third kappa shape index (κ3) is 4.45. The molecule has 1 aromatic heterocycles. The molecule has 0 aliphatic rings. The van der Waals surface area contributed by atoms with Crippen molar-refractivity contribution in [1.29, 1.82) is 0 Å². The van der Waals surface area contributed by atoms with E-state index in [1.54, 1.807) is 0 Å². The predicted molar refractivity (Wildman–Crippen MR) is 96.9 cm³/mol. The van der Waals surface area contributed by atoms with Crippen LogP contribution in [0, 0.1) is 20.8 Å². The molecule has 130 valence electrons. The topological polar surface area (TPSA) is 50.2 Å². The molecule has 1 heterocycles. The summed E-state index contributed by atoms with van der Waals surface area (Å²) in [5, 5.41) is 7.51. The summed E-state index contributed by atoms with van der Waals surface area (Å²) in [6.45, 7) is 7.56. The first-order chi connectivity index (χ1) is 11.4. The Hall–Kier alpha value is -2.14. The van der Waals surface area contributed by atoms with Gasteiger partial charge in [-0.25, -0.2) is 0 Å². The maximum Gasteiger partial charge on any atom is 0.241 e. The van der Waals surface area contributed by atoms with Crippen molar-refractivity contribution in [2.45, 2.75) is 39.8 Å².